The molecule has 29 heavy (non-hydrogen) atoms. The van der Waals surface area contributed by atoms with Crippen molar-refractivity contribution in [3.05, 3.63) is 59.2 Å². The Hall–Kier alpha value is -1.99. The summed E-state index contributed by atoms with van der Waals surface area (Å²) >= 11 is 1.70. The quantitative estimate of drug-likeness (QED) is 0.452. The Morgan fingerprint density at radius 2 is 1.62 bits per heavy atom. The summed E-state index contributed by atoms with van der Waals surface area (Å²) < 4.78 is 25.8. The predicted molar refractivity (Wildman–Crippen MR) is 122 cm³/mol. The summed E-state index contributed by atoms with van der Waals surface area (Å²) in [6, 6.07) is 14.0. The number of aryl methyl sites for hydroxylation is 3. The molecule has 0 bridgehead atoms. The molecular weight excluding hydrogens is 404 g/mol. The van der Waals surface area contributed by atoms with Gasteiger partial charge in [-0.05, 0) is 62.6 Å². The van der Waals surface area contributed by atoms with Gasteiger partial charge in [0.25, 0.3) is 0 Å². The minimum atomic E-state index is -3.41. The smallest absolute Gasteiger partial charge is 0.232 e. The Morgan fingerprint density at radius 3 is 2.21 bits per heavy atom. The molecule has 0 aliphatic rings. The highest BCUT2D eigenvalue weighted by atomic mass is 32.2. The first-order valence-corrected chi connectivity index (χ1v) is 12.5. The number of hydrogen-bond acceptors (Lipinski definition) is 4. The van der Waals surface area contributed by atoms with Crippen LogP contribution in [0.1, 0.15) is 29.5 Å². The zero-order chi connectivity index (χ0) is 21.4. The lowest BCUT2D eigenvalue weighted by molar-refractivity contribution is -0.121. The maximum Gasteiger partial charge on any atom is 0.232 e. The van der Waals surface area contributed by atoms with Gasteiger partial charge in [0.2, 0.25) is 15.9 Å². The van der Waals surface area contributed by atoms with E-state index in [9.17, 15) is 13.2 Å². The number of nitrogens with zero attached hydrogens (tertiary/aromatic N) is 1. The van der Waals surface area contributed by atoms with Crippen LogP contribution in [0.15, 0.2) is 47.4 Å². The zero-order valence-corrected chi connectivity index (χ0v) is 19.2. The Balaban J connectivity index is 1.78. The normalized spacial score (nSPS) is 11.3. The lowest BCUT2D eigenvalue weighted by Gasteiger charge is -2.23. The number of thioether (sulfide) groups is 1. The molecule has 5 nitrogen and oxygen atoms in total. The zero-order valence-electron chi connectivity index (χ0n) is 17.6. The highest BCUT2D eigenvalue weighted by Crippen LogP contribution is 2.22. The van der Waals surface area contributed by atoms with Crippen molar-refractivity contribution >= 4 is 33.4 Å². The second-order valence-corrected chi connectivity index (χ2v) is 10.4. The van der Waals surface area contributed by atoms with E-state index < -0.39 is 10.0 Å². The fraction of sp³-hybridized carbons (Fsp3) is 0.409. The van der Waals surface area contributed by atoms with Crippen LogP contribution in [0.25, 0.3) is 0 Å². The Labute approximate surface area is 178 Å². The van der Waals surface area contributed by atoms with Gasteiger partial charge in [0.15, 0.2) is 0 Å². The first kappa shape index (κ1) is 23.3. The van der Waals surface area contributed by atoms with Crippen LogP contribution in [-0.4, -0.2) is 39.4 Å². The van der Waals surface area contributed by atoms with Gasteiger partial charge in [0, 0.05) is 30.2 Å². The highest BCUT2D eigenvalue weighted by Gasteiger charge is 2.18. The van der Waals surface area contributed by atoms with E-state index in [-0.39, 0.29) is 12.5 Å². The summed E-state index contributed by atoms with van der Waals surface area (Å²) in [5.74, 6) is 0.746. The van der Waals surface area contributed by atoms with E-state index in [0.29, 0.717) is 25.1 Å². The molecule has 1 amide bonds. The average molecular weight is 435 g/mol. The van der Waals surface area contributed by atoms with Crippen LogP contribution in [0.5, 0.6) is 0 Å². The molecule has 0 spiro atoms. The van der Waals surface area contributed by atoms with Crippen molar-refractivity contribution in [2.45, 2.75) is 38.5 Å². The summed E-state index contributed by atoms with van der Waals surface area (Å²) in [4.78, 5) is 13.3. The van der Waals surface area contributed by atoms with Crippen molar-refractivity contribution < 1.29 is 13.2 Å². The number of amides is 1. The number of benzene rings is 2. The van der Waals surface area contributed by atoms with E-state index in [4.69, 9.17) is 0 Å². The van der Waals surface area contributed by atoms with Gasteiger partial charge < -0.3 is 5.32 Å². The van der Waals surface area contributed by atoms with E-state index in [1.165, 1.54) is 21.0 Å². The molecule has 0 aromatic heterocycles. The molecule has 0 unspecified atom stereocenters. The number of carbonyl (C=O) groups is 1. The van der Waals surface area contributed by atoms with Crippen LogP contribution in [0, 0.1) is 20.8 Å². The molecule has 0 saturated carbocycles. The number of carbonyl (C=O) groups excluding carboxylic acids is 1. The molecule has 7 heteroatoms. The topological polar surface area (TPSA) is 66.5 Å². The second-order valence-electron chi connectivity index (χ2n) is 7.30. The van der Waals surface area contributed by atoms with Crippen LogP contribution >= 0.6 is 11.8 Å². The van der Waals surface area contributed by atoms with Crippen LogP contribution in [0.2, 0.25) is 0 Å². The third-order valence-corrected chi connectivity index (χ3v) is 6.58. The van der Waals surface area contributed by atoms with Crippen molar-refractivity contribution in [1.82, 2.24) is 5.32 Å². The van der Waals surface area contributed by atoms with Gasteiger partial charge in [0.05, 0.1) is 11.9 Å². The maximum absolute atomic E-state index is 12.2. The molecule has 2 aromatic carbocycles. The fourth-order valence-corrected chi connectivity index (χ4v) is 4.76. The Bertz CT molecular complexity index is 905. The first-order valence-electron chi connectivity index (χ1n) is 9.67. The SMILES string of the molecule is Cc1ccc(SCCNC(=O)CCCN(c2cc(C)cc(C)c2)S(C)(=O)=O)cc1. The molecule has 0 aliphatic heterocycles. The van der Waals surface area contributed by atoms with Gasteiger partial charge in [-0.1, -0.05) is 23.8 Å². The third kappa shape index (κ3) is 8.11. The summed E-state index contributed by atoms with van der Waals surface area (Å²) in [6.07, 6.45) is 1.97. The summed E-state index contributed by atoms with van der Waals surface area (Å²) in [5.41, 5.74) is 3.90. The van der Waals surface area contributed by atoms with Crippen molar-refractivity contribution in [3.8, 4) is 0 Å². The molecule has 0 aliphatic carbocycles. The van der Waals surface area contributed by atoms with Gasteiger partial charge in [-0.3, -0.25) is 9.10 Å². The van der Waals surface area contributed by atoms with Crippen molar-refractivity contribution in [2.24, 2.45) is 0 Å². The minimum Gasteiger partial charge on any atom is -0.355 e. The molecule has 0 fully saturated rings. The molecule has 1 N–H and O–H groups in total. The fourth-order valence-electron chi connectivity index (χ4n) is 3.05. The van der Waals surface area contributed by atoms with Gasteiger partial charge >= 0.3 is 0 Å². The summed E-state index contributed by atoms with van der Waals surface area (Å²) in [6.45, 7) is 6.81. The Kier molecular flexibility index (Phi) is 8.59. The lowest BCUT2D eigenvalue weighted by Crippen LogP contribution is -2.32. The number of hydrogen-bond donors (Lipinski definition) is 1. The van der Waals surface area contributed by atoms with Crippen LogP contribution in [0.3, 0.4) is 0 Å². The van der Waals surface area contributed by atoms with Crippen molar-refractivity contribution in [2.75, 3.05) is 29.4 Å². The summed E-state index contributed by atoms with van der Waals surface area (Å²) in [5, 5.41) is 2.91. The van der Waals surface area contributed by atoms with Gasteiger partial charge in [0.1, 0.15) is 0 Å². The first-order chi connectivity index (χ1) is 13.6. The molecule has 0 saturated heterocycles. The van der Waals surface area contributed by atoms with Crippen LogP contribution in [0.4, 0.5) is 5.69 Å². The van der Waals surface area contributed by atoms with Gasteiger partial charge in [-0.15, -0.1) is 11.8 Å². The molecule has 2 aromatic rings. The number of anilines is 1. The van der Waals surface area contributed by atoms with E-state index >= 15 is 0 Å². The van der Waals surface area contributed by atoms with E-state index in [1.807, 2.05) is 32.0 Å². The van der Waals surface area contributed by atoms with E-state index in [0.717, 1.165) is 16.9 Å². The number of nitrogens with one attached hydrogen (secondary N) is 1. The maximum atomic E-state index is 12.2. The van der Waals surface area contributed by atoms with Crippen LogP contribution in [-0.2, 0) is 14.8 Å². The number of sulfonamides is 1. The Morgan fingerprint density at radius 1 is 1.00 bits per heavy atom. The molecule has 158 valence electrons. The second kappa shape index (κ2) is 10.7. The van der Waals surface area contributed by atoms with Crippen molar-refractivity contribution in [3.63, 3.8) is 0 Å². The monoisotopic (exact) mass is 434 g/mol. The number of rotatable bonds is 10. The predicted octanol–water partition coefficient (Wildman–Crippen LogP) is 4.07. The highest BCUT2D eigenvalue weighted by molar-refractivity contribution is 7.99. The van der Waals surface area contributed by atoms with Crippen LogP contribution < -0.4 is 9.62 Å². The standard InChI is InChI=1S/C22H30N2O3S2/c1-17-7-9-21(10-8-17)28-13-11-23-22(25)6-5-12-24(29(4,26)27)20-15-18(2)14-19(3)16-20/h7-10,14-16H,5-6,11-13H2,1-4H3,(H,23,25). The molecule has 0 atom stereocenters. The average Bonchev–Trinajstić information content (AvgIpc) is 2.62. The van der Waals surface area contributed by atoms with Crippen molar-refractivity contribution in [1.29, 1.82) is 0 Å². The summed E-state index contributed by atoms with van der Waals surface area (Å²) in [7, 11) is -3.41. The molecular formula is C22H30N2O3S2. The van der Waals surface area contributed by atoms with Gasteiger partial charge in [-0.2, -0.15) is 0 Å². The lowest BCUT2D eigenvalue weighted by atomic mass is 10.1. The van der Waals surface area contributed by atoms with Gasteiger partial charge in [-0.25, -0.2) is 8.42 Å². The largest absolute Gasteiger partial charge is 0.355 e. The third-order valence-electron chi connectivity index (χ3n) is 4.37. The minimum absolute atomic E-state index is 0.0524. The molecule has 2 rings (SSSR count). The van der Waals surface area contributed by atoms with E-state index in [2.05, 4.69) is 36.5 Å². The van der Waals surface area contributed by atoms with E-state index in [1.54, 1.807) is 11.8 Å². The molecule has 0 radical (unpaired) electrons. The molecule has 0 heterocycles.